The first-order valence-electron chi connectivity index (χ1n) is 3.67. The largest absolute Gasteiger partial charge is 0.506 e. The van der Waals surface area contributed by atoms with E-state index in [4.69, 9.17) is 0 Å². The molecule has 0 aliphatic rings. The van der Waals surface area contributed by atoms with Crippen molar-refractivity contribution in [2.24, 2.45) is 0 Å². The maximum atomic E-state index is 10.6. The molecular formula is C9H6BrNO2. The maximum absolute atomic E-state index is 10.6. The molecule has 0 aliphatic heterocycles. The number of carbonyl (C=O) groups is 1. The highest BCUT2D eigenvalue weighted by Gasteiger charge is 2.07. The summed E-state index contributed by atoms with van der Waals surface area (Å²) in [5.74, 6) is 0.137. The number of halogens is 1. The minimum Gasteiger partial charge on any atom is -0.506 e. The van der Waals surface area contributed by atoms with Crippen LogP contribution in [-0.2, 0) is 0 Å². The number of aldehydes is 1. The quantitative estimate of drug-likeness (QED) is 0.752. The number of aromatic nitrogens is 1. The Morgan fingerprint density at radius 2 is 2.23 bits per heavy atom. The summed E-state index contributed by atoms with van der Waals surface area (Å²) in [6.07, 6.45) is 2.33. The Balaban J connectivity index is 2.89. The second-order valence-electron chi connectivity index (χ2n) is 2.71. The summed E-state index contributed by atoms with van der Waals surface area (Å²) in [6.45, 7) is 0. The van der Waals surface area contributed by atoms with Gasteiger partial charge < -0.3 is 10.1 Å². The van der Waals surface area contributed by atoms with Crippen molar-refractivity contribution in [3.05, 3.63) is 28.4 Å². The minimum absolute atomic E-state index is 0.137. The number of fused-ring (bicyclic) bond motifs is 1. The molecule has 0 amide bonds. The zero-order valence-electron chi connectivity index (χ0n) is 6.54. The van der Waals surface area contributed by atoms with Gasteiger partial charge in [-0.15, -0.1) is 0 Å². The Bertz CT molecular complexity index is 476. The minimum atomic E-state index is 0.137. The highest BCUT2D eigenvalue weighted by Crippen LogP contribution is 2.29. The zero-order chi connectivity index (χ0) is 9.42. The number of hydrogen-bond donors (Lipinski definition) is 2. The molecule has 0 aliphatic carbocycles. The zero-order valence-corrected chi connectivity index (χ0v) is 8.13. The van der Waals surface area contributed by atoms with Gasteiger partial charge in [0.05, 0.1) is 5.52 Å². The molecule has 4 heteroatoms. The molecule has 0 spiro atoms. The second kappa shape index (κ2) is 2.88. The number of phenols is 1. The second-order valence-corrected chi connectivity index (χ2v) is 3.63. The lowest BCUT2D eigenvalue weighted by Gasteiger charge is -1.96. The Morgan fingerprint density at radius 3 is 2.92 bits per heavy atom. The van der Waals surface area contributed by atoms with E-state index in [0.717, 1.165) is 16.1 Å². The van der Waals surface area contributed by atoms with Gasteiger partial charge in [-0.2, -0.15) is 0 Å². The molecule has 0 atom stereocenters. The third kappa shape index (κ3) is 1.23. The number of carbonyl (C=O) groups excluding carboxylic acids is 1. The highest BCUT2D eigenvalue weighted by atomic mass is 79.9. The average molecular weight is 240 g/mol. The van der Waals surface area contributed by atoms with E-state index in [0.29, 0.717) is 11.1 Å². The van der Waals surface area contributed by atoms with Crippen molar-refractivity contribution in [1.29, 1.82) is 0 Å². The van der Waals surface area contributed by atoms with Crippen LogP contribution in [0.2, 0.25) is 0 Å². The van der Waals surface area contributed by atoms with E-state index in [1.165, 1.54) is 0 Å². The Labute approximate surface area is 82.5 Å². The molecule has 1 aromatic heterocycles. The molecule has 0 saturated heterocycles. The van der Waals surface area contributed by atoms with E-state index < -0.39 is 0 Å². The fourth-order valence-electron chi connectivity index (χ4n) is 1.30. The average Bonchev–Trinajstić information content (AvgIpc) is 2.47. The summed E-state index contributed by atoms with van der Waals surface area (Å²) in [6, 6.07) is 3.36. The third-order valence-corrected chi connectivity index (χ3v) is 2.35. The number of H-pyrrole nitrogens is 1. The smallest absolute Gasteiger partial charge is 0.152 e. The molecule has 2 rings (SSSR count). The molecular weight excluding hydrogens is 234 g/mol. The van der Waals surface area contributed by atoms with Gasteiger partial charge in [-0.05, 0) is 12.1 Å². The summed E-state index contributed by atoms with van der Waals surface area (Å²) < 4.78 is 0.750. The number of rotatable bonds is 1. The van der Waals surface area contributed by atoms with Crippen LogP contribution in [0.25, 0.3) is 10.9 Å². The molecule has 2 N–H and O–H groups in total. The molecule has 13 heavy (non-hydrogen) atoms. The highest BCUT2D eigenvalue weighted by molar-refractivity contribution is 9.10. The van der Waals surface area contributed by atoms with Crippen molar-refractivity contribution in [1.82, 2.24) is 4.98 Å². The predicted molar refractivity (Wildman–Crippen MR) is 53.1 cm³/mol. The molecule has 0 bridgehead atoms. The predicted octanol–water partition coefficient (Wildman–Crippen LogP) is 2.45. The molecule has 0 unspecified atom stereocenters. The van der Waals surface area contributed by atoms with Gasteiger partial charge in [-0.25, -0.2) is 0 Å². The van der Waals surface area contributed by atoms with Gasteiger partial charge in [-0.3, -0.25) is 4.79 Å². The van der Waals surface area contributed by atoms with Crippen LogP contribution in [0.3, 0.4) is 0 Å². The number of aromatic hydroxyl groups is 1. The Kier molecular flexibility index (Phi) is 1.84. The van der Waals surface area contributed by atoms with Crippen molar-refractivity contribution in [2.45, 2.75) is 0 Å². The van der Waals surface area contributed by atoms with Crippen molar-refractivity contribution >= 4 is 33.1 Å². The van der Waals surface area contributed by atoms with E-state index in [2.05, 4.69) is 20.9 Å². The standard InChI is InChI=1S/C9H6BrNO2/c10-6-1-7-5(4-12)3-11-9(7)8(13)2-6/h1-4,11,13H. The maximum Gasteiger partial charge on any atom is 0.152 e. The van der Waals surface area contributed by atoms with E-state index in [9.17, 15) is 9.90 Å². The van der Waals surface area contributed by atoms with Gasteiger partial charge >= 0.3 is 0 Å². The number of benzene rings is 1. The molecule has 2 aromatic rings. The summed E-state index contributed by atoms with van der Waals surface area (Å²) >= 11 is 3.24. The van der Waals surface area contributed by atoms with Crippen molar-refractivity contribution < 1.29 is 9.90 Å². The molecule has 3 nitrogen and oxygen atoms in total. The van der Waals surface area contributed by atoms with Crippen LogP contribution >= 0.6 is 15.9 Å². The number of phenolic OH excluding ortho intramolecular Hbond substituents is 1. The first kappa shape index (κ1) is 8.31. The van der Waals surface area contributed by atoms with Crippen LogP contribution in [0, 0.1) is 0 Å². The van der Waals surface area contributed by atoms with E-state index in [1.807, 2.05) is 0 Å². The first-order valence-corrected chi connectivity index (χ1v) is 4.46. The Morgan fingerprint density at radius 1 is 1.46 bits per heavy atom. The molecule has 1 aromatic carbocycles. The SMILES string of the molecule is O=Cc1c[nH]c2c(O)cc(Br)cc12. The lowest BCUT2D eigenvalue weighted by Crippen LogP contribution is -1.75. The topological polar surface area (TPSA) is 53.1 Å². The summed E-state index contributed by atoms with van der Waals surface area (Å²) in [4.78, 5) is 13.4. The third-order valence-electron chi connectivity index (χ3n) is 1.89. The van der Waals surface area contributed by atoms with Crippen LogP contribution in [0.1, 0.15) is 10.4 Å². The van der Waals surface area contributed by atoms with Gasteiger partial charge in [0, 0.05) is 21.6 Å². The number of aromatic amines is 1. The molecule has 0 saturated carbocycles. The van der Waals surface area contributed by atoms with Crippen LogP contribution in [0.5, 0.6) is 5.75 Å². The number of nitrogens with one attached hydrogen (secondary N) is 1. The normalized spacial score (nSPS) is 10.5. The summed E-state index contributed by atoms with van der Waals surface area (Å²) in [7, 11) is 0. The van der Waals surface area contributed by atoms with Gasteiger partial charge in [0.25, 0.3) is 0 Å². The van der Waals surface area contributed by atoms with Gasteiger partial charge in [0.2, 0.25) is 0 Å². The molecule has 66 valence electrons. The lowest BCUT2D eigenvalue weighted by atomic mass is 10.2. The first-order chi connectivity index (χ1) is 6.22. The van der Waals surface area contributed by atoms with Crippen molar-refractivity contribution in [3.63, 3.8) is 0 Å². The van der Waals surface area contributed by atoms with E-state index in [-0.39, 0.29) is 5.75 Å². The fourth-order valence-corrected chi connectivity index (χ4v) is 1.74. The molecule has 0 fully saturated rings. The summed E-state index contributed by atoms with van der Waals surface area (Å²) in [5, 5.41) is 10.2. The monoisotopic (exact) mass is 239 g/mol. The van der Waals surface area contributed by atoms with Crippen molar-refractivity contribution in [3.8, 4) is 5.75 Å². The fraction of sp³-hybridized carbons (Fsp3) is 0. The van der Waals surface area contributed by atoms with Crippen LogP contribution in [-0.4, -0.2) is 16.4 Å². The van der Waals surface area contributed by atoms with Gasteiger partial charge in [0.1, 0.15) is 5.75 Å². The number of hydrogen-bond acceptors (Lipinski definition) is 2. The van der Waals surface area contributed by atoms with Gasteiger partial charge in [0.15, 0.2) is 6.29 Å². The lowest BCUT2D eigenvalue weighted by molar-refractivity contribution is 0.112. The molecule has 1 heterocycles. The van der Waals surface area contributed by atoms with Crippen LogP contribution in [0.15, 0.2) is 22.8 Å². The van der Waals surface area contributed by atoms with E-state index >= 15 is 0 Å². The van der Waals surface area contributed by atoms with Crippen molar-refractivity contribution in [2.75, 3.05) is 0 Å². The molecule has 0 radical (unpaired) electrons. The van der Waals surface area contributed by atoms with Crippen LogP contribution in [0.4, 0.5) is 0 Å². The van der Waals surface area contributed by atoms with Gasteiger partial charge in [-0.1, -0.05) is 15.9 Å². The van der Waals surface area contributed by atoms with Crippen LogP contribution < -0.4 is 0 Å². The van der Waals surface area contributed by atoms with E-state index in [1.54, 1.807) is 18.3 Å². The summed E-state index contributed by atoms with van der Waals surface area (Å²) in [5.41, 5.74) is 1.14. The Hall–Kier alpha value is -1.29.